The number of hydrogen-bond donors (Lipinski definition) is 2. The topological polar surface area (TPSA) is 75.3 Å². The maximum Gasteiger partial charge on any atom is 0.261 e. The quantitative estimate of drug-likeness (QED) is 0.584. The number of rotatable bonds is 6. The van der Waals surface area contributed by atoms with E-state index in [9.17, 15) is 13.2 Å². The molecule has 5 nitrogen and oxygen atoms in total. The Morgan fingerprint density at radius 2 is 1.66 bits per heavy atom. The second-order valence-electron chi connectivity index (χ2n) is 6.76. The zero-order valence-corrected chi connectivity index (χ0v) is 17.6. The van der Waals surface area contributed by atoms with E-state index in [1.54, 1.807) is 36.4 Å². The Hall–Kier alpha value is -2.83. The van der Waals surface area contributed by atoms with E-state index in [0.717, 1.165) is 16.7 Å². The lowest BCUT2D eigenvalue weighted by Gasteiger charge is -2.11. The summed E-state index contributed by atoms with van der Waals surface area (Å²) in [6.45, 7) is 3.95. The summed E-state index contributed by atoms with van der Waals surface area (Å²) in [6.07, 6.45) is 0.252. The van der Waals surface area contributed by atoms with E-state index in [2.05, 4.69) is 10.0 Å². The average molecular weight is 429 g/mol. The zero-order chi connectivity index (χ0) is 21.0. The minimum atomic E-state index is -3.79. The van der Waals surface area contributed by atoms with E-state index in [-0.39, 0.29) is 17.2 Å². The van der Waals surface area contributed by atoms with E-state index in [1.165, 1.54) is 12.1 Å². The van der Waals surface area contributed by atoms with Crippen molar-refractivity contribution in [2.24, 2.45) is 0 Å². The van der Waals surface area contributed by atoms with Gasteiger partial charge < -0.3 is 5.32 Å². The molecule has 0 saturated carbocycles. The number of anilines is 2. The summed E-state index contributed by atoms with van der Waals surface area (Å²) in [4.78, 5) is 12.4. The van der Waals surface area contributed by atoms with Crippen LogP contribution in [0.25, 0.3) is 0 Å². The third kappa shape index (κ3) is 5.37. The molecule has 0 aliphatic heterocycles. The molecule has 3 aromatic carbocycles. The molecule has 0 heterocycles. The standard InChI is InChI=1S/C22H21ClN2O3S/c1-15-7-8-16(2)17(13-15)14-22(26)24-18-9-11-19(12-10-18)29(27,28)25-21-6-4-3-5-20(21)23/h3-13,25H,14H2,1-2H3,(H,24,26). The van der Waals surface area contributed by atoms with E-state index >= 15 is 0 Å². The van der Waals surface area contributed by atoms with Crippen LogP contribution in [0.2, 0.25) is 5.02 Å². The van der Waals surface area contributed by atoms with Crippen molar-refractivity contribution in [2.75, 3.05) is 10.0 Å². The molecule has 2 N–H and O–H groups in total. The minimum Gasteiger partial charge on any atom is -0.326 e. The van der Waals surface area contributed by atoms with Gasteiger partial charge in [0.2, 0.25) is 5.91 Å². The lowest BCUT2D eigenvalue weighted by molar-refractivity contribution is -0.115. The highest BCUT2D eigenvalue weighted by Gasteiger charge is 2.16. The van der Waals surface area contributed by atoms with Crippen LogP contribution in [-0.2, 0) is 21.2 Å². The second kappa shape index (κ2) is 8.68. The second-order valence-corrected chi connectivity index (χ2v) is 8.85. The fourth-order valence-electron chi connectivity index (χ4n) is 2.83. The largest absolute Gasteiger partial charge is 0.326 e. The number of hydrogen-bond acceptors (Lipinski definition) is 3. The predicted octanol–water partition coefficient (Wildman–Crippen LogP) is 4.94. The van der Waals surface area contributed by atoms with Crippen molar-refractivity contribution < 1.29 is 13.2 Å². The molecule has 29 heavy (non-hydrogen) atoms. The number of sulfonamides is 1. The average Bonchev–Trinajstić information content (AvgIpc) is 2.67. The van der Waals surface area contributed by atoms with Crippen molar-refractivity contribution in [3.63, 3.8) is 0 Å². The van der Waals surface area contributed by atoms with Crippen LogP contribution in [0.3, 0.4) is 0 Å². The molecule has 0 atom stereocenters. The number of carbonyl (C=O) groups excluding carboxylic acids is 1. The lowest BCUT2D eigenvalue weighted by atomic mass is 10.0. The summed E-state index contributed by atoms with van der Waals surface area (Å²) in [5, 5.41) is 3.11. The Labute approximate surface area is 175 Å². The zero-order valence-electron chi connectivity index (χ0n) is 16.1. The molecule has 0 bridgehead atoms. The van der Waals surface area contributed by atoms with Crippen LogP contribution in [0.4, 0.5) is 11.4 Å². The first-order valence-electron chi connectivity index (χ1n) is 8.98. The molecule has 0 aliphatic carbocycles. The Bertz CT molecular complexity index is 1140. The smallest absolute Gasteiger partial charge is 0.261 e. The Kier molecular flexibility index (Phi) is 6.25. The van der Waals surface area contributed by atoms with Gasteiger partial charge in [-0.3, -0.25) is 9.52 Å². The highest BCUT2D eigenvalue weighted by Crippen LogP contribution is 2.24. The third-order valence-electron chi connectivity index (χ3n) is 4.42. The molecule has 7 heteroatoms. The van der Waals surface area contributed by atoms with Crippen molar-refractivity contribution in [1.82, 2.24) is 0 Å². The van der Waals surface area contributed by atoms with Crippen molar-refractivity contribution in [1.29, 1.82) is 0 Å². The first-order chi connectivity index (χ1) is 13.7. The van der Waals surface area contributed by atoms with Gasteiger partial charge in [-0.15, -0.1) is 0 Å². The summed E-state index contributed by atoms with van der Waals surface area (Å²) in [5.74, 6) is -0.163. The molecule has 0 fully saturated rings. The molecule has 150 valence electrons. The minimum absolute atomic E-state index is 0.0740. The maximum atomic E-state index is 12.5. The number of nitrogens with one attached hydrogen (secondary N) is 2. The molecule has 0 aromatic heterocycles. The molecular weight excluding hydrogens is 408 g/mol. The van der Waals surface area contributed by atoms with Crippen molar-refractivity contribution in [3.05, 3.63) is 88.4 Å². The van der Waals surface area contributed by atoms with Gasteiger partial charge >= 0.3 is 0 Å². The number of carbonyl (C=O) groups is 1. The van der Waals surface area contributed by atoms with Crippen molar-refractivity contribution in [3.8, 4) is 0 Å². The maximum absolute atomic E-state index is 12.5. The van der Waals surface area contributed by atoms with Gasteiger partial charge in [0.25, 0.3) is 10.0 Å². The van der Waals surface area contributed by atoms with Crippen molar-refractivity contribution >= 4 is 38.9 Å². The summed E-state index contributed by atoms with van der Waals surface area (Å²) in [6, 6.07) is 18.6. The Morgan fingerprint density at radius 1 is 0.966 bits per heavy atom. The molecule has 0 saturated heterocycles. The molecular formula is C22H21ClN2O3S. The van der Waals surface area contributed by atoms with Gasteiger partial charge in [0.05, 0.1) is 22.0 Å². The fourth-order valence-corrected chi connectivity index (χ4v) is 4.15. The molecule has 1 amide bonds. The Morgan fingerprint density at radius 3 is 2.34 bits per heavy atom. The predicted molar refractivity (Wildman–Crippen MR) is 117 cm³/mol. The van der Waals surface area contributed by atoms with Gasteiger partial charge in [-0.2, -0.15) is 0 Å². The summed E-state index contributed by atoms with van der Waals surface area (Å²) < 4.78 is 27.5. The van der Waals surface area contributed by atoms with Crippen LogP contribution >= 0.6 is 11.6 Å². The van der Waals surface area contributed by atoms with E-state index in [4.69, 9.17) is 11.6 Å². The molecule has 0 unspecified atom stereocenters. The molecule has 0 aliphatic rings. The number of halogens is 1. The van der Waals surface area contributed by atoms with Crippen LogP contribution in [0.5, 0.6) is 0 Å². The van der Waals surface area contributed by atoms with E-state index in [1.807, 2.05) is 32.0 Å². The SMILES string of the molecule is Cc1ccc(C)c(CC(=O)Nc2ccc(S(=O)(=O)Nc3ccccc3Cl)cc2)c1. The van der Waals surface area contributed by atoms with Crippen LogP contribution < -0.4 is 10.0 Å². The first-order valence-corrected chi connectivity index (χ1v) is 10.8. The number of aryl methyl sites for hydroxylation is 2. The van der Waals surface area contributed by atoms with Crippen LogP contribution in [0.15, 0.2) is 71.6 Å². The lowest BCUT2D eigenvalue weighted by Crippen LogP contribution is -2.16. The van der Waals surface area contributed by atoms with Crippen molar-refractivity contribution in [2.45, 2.75) is 25.2 Å². The van der Waals surface area contributed by atoms with Gasteiger partial charge in [0.15, 0.2) is 0 Å². The summed E-state index contributed by atoms with van der Waals surface area (Å²) in [5.41, 5.74) is 3.94. The van der Waals surface area contributed by atoms with Crippen LogP contribution in [0, 0.1) is 13.8 Å². The van der Waals surface area contributed by atoms with Crippen LogP contribution in [0.1, 0.15) is 16.7 Å². The monoisotopic (exact) mass is 428 g/mol. The number of para-hydroxylation sites is 1. The van der Waals surface area contributed by atoms with Crippen LogP contribution in [-0.4, -0.2) is 14.3 Å². The van der Waals surface area contributed by atoms with Gasteiger partial charge in [-0.05, 0) is 61.4 Å². The Balaban J connectivity index is 1.69. The molecule has 3 aromatic rings. The number of benzene rings is 3. The van der Waals surface area contributed by atoms with Gasteiger partial charge in [0, 0.05) is 5.69 Å². The van der Waals surface area contributed by atoms with Gasteiger partial charge in [-0.1, -0.05) is 47.5 Å². The van der Waals surface area contributed by atoms with Gasteiger partial charge in [-0.25, -0.2) is 8.42 Å². The normalized spacial score (nSPS) is 11.1. The van der Waals surface area contributed by atoms with E-state index < -0.39 is 10.0 Å². The highest BCUT2D eigenvalue weighted by atomic mass is 35.5. The first kappa shape index (κ1) is 20.9. The molecule has 3 rings (SSSR count). The molecule has 0 radical (unpaired) electrons. The molecule has 0 spiro atoms. The highest BCUT2D eigenvalue weighted by molar-refractivity contribution is 7.92. The van der Waals surface area contributed by atoms with Gasteiger partial charge in [0.1, 0.15) is 0 Å². The summed E-state index contributed by atoms with van der Waals surface area (Å²) >= 11 is 6.01. The van der Waals surface area contributed by atoms with E-state index in [0.29, 0.717) is 16.4 Å². The number of amides is 1. The fraction of sp³-hybridized carbons (Fsp3) is 0.136. The summed E-state index contributed by atoms with van der Waals surface area (Å²) in [7, 11) is -3.79. The third-order valence-corrected chi connectivity index (χ3v) is 6.13.